The van der Waals surface area contributed by atoms with Crippen LogP contribution in [-0.4, -0.2) is 61.3 Å². The molecule has 3 rings (SSSR count). The fourth-order valence-electron chi connectivity index (χ4n) is 3.30. The smallest absolute Gasteiger partial charge is 0.401 e. The van der Waals surface area contributed by atoms with Crippen LogP contribution in [0.5, 0.6) is 0 Å². The van der Waals surface area contributed by atoms with E-state index in [1.54, 1.807) is 13.3 Å². The zero-order valence-electron chi connectivity index (χ0n) is 17.0. The van der Waals surface area contributed by atoms with Gasteiger partial charge in [-0.15, -0.1) is 24.0 Å². The molecule has 0 spiro atoms. The van der Waals surface area contributed by atoms with E-state index in [1.807, 2.05) is 31.2 Å². The van der Waals surface area contributed by atoms with E-state index in [0.29, 0.717) is 44.3 Å². The summed E-state index contributed by atoms with van der Waals surface area (Å²) in [6.45, 7) is 2.51. The van der Waals surface area contributed by atoms with Crippen LogP contribution < -0.4 is 10.6 Å². The Morgan fingerprint density at radius 2 is 2.03 bits per heavy atom. The number of hydrogen-bond donors (Lipinski definition) is 2. The minimum atomic E-state index is -4.16. The van der Waals surface area contributed by atoms with Crippen molar-refractivity contribution in [3.8, 4) is 11.5 Å². The number of rotatable bonds is 6. The zero-order chi connectivity index (χ0) is 20.9. The molecular weight excluding hydrogens is 510 g/mol. The number of aliphatic imine (C=N–C) groups is 1. The molecule has 1 aliphatic heterocycles. The third-order valence-corrected chi connectivity index (χ3v) is 4.76. The van der Waals surface area contributed by atoms with Crippen molar-refractivity contribution < 1.29 is 17.6 Å². The molecule has 6 nitrogen and oxygen atoms in total. The molecule has 2 heterocycles. The SMILES string of the molecule is CN=C(NCCc1coc(-c2ccc(C)cc2)n1)NC1CCN(CC(F)(F)F)C1.I. The van der Waals surface area contributed by atoms with E-state index in [0.717, 1.165) is 11.3 Å². The lowest BCUT2D eigenvalue weighted by molar-refractivity contribution is -0.143. The number of aromatic nitrogens is 1. The zero-order valence-corrected chi connectivity index (χ0v) is 19.3. The van der Waals surface area contributed by atoms with Gasteiger partial charge in [-0.25, -0.2) is 4.98 Å². The van der Waals surface area contributed by atoms with Crippen LogP contribution in [0.1, 0.15) is 17.7 Å². The minimum Gasteiger partial charge on any atom is -0.444 e. The molecule has 1 saturated heterocycles. The van der Waals surface area contributed by atoms with Crippen LogP contribution in [0.3, 0.4) is 0 Å². The first-order valence-corrected chi connectivity index (χ1v) is 9.60. The average molecular weight is 537 g/mol. The molecule has 0 bridgehead atoms. The first-order valence-electron chi connectivity index (χ1n) is 9.60. The summed E-state index contributed by atoms with van der Waals surface area (Å²) in [4.78, 5) is 10.1. The molecule has 30 heavy (non-hydrogen) atoms. The molecule has 1 aromatic carbocycles. The van der Waals surface area contributed by atoms with Gasteiger partial charge in [0.15, 0.2) is 5.96 Å². The molecule has 1 atom stereocenters. The molecule has 0 aliphatic carbocycles. The number of aryl methyl sites for hydroxylation is 1. The lowest BCUT2D eigenvalue weighted by Gasteiger charge is -2.19. The van der Waals surface area contributed by atoms with Crippen LogP contribution in [0.15, 0.2) is 39.9 Å². The minimum absolute atomic E-state index is 0. The Morgan fingerprint density at radius 3 is 2.70 bits per heavy atom. The van der Waals surface area contributed by atoms with Gasteiger partial charge in [0.25, 0.3) is 0 Å². The van der Waals surface area contributed by atoms with Gasteiger partial charge in [-0.3, -0.25) is 9.89 Å². The molecule has 166 valence electrons. The summed E-state index contributed by atoms with van der Waals surface area (Å²) in [7, 11) is 1.64. The highest BCUT2D eigenvalue weighted by Crippen LogP contribution is 2.20. The Labute approximate surface area is 191 Å². The largest absolute Gasteiger partial charge is 0.444 e. The van der Waals surface area contributed by atoms with Gasteiger partial charge in [0, 0.05) is 44.7 Å². The van der Waals surface area contributed by atoms with Crippen molar-refractivity contribution in [2.24, 2.45) is 4.99 Å². The predicted octanol–water partition coefficient (Wildman–Crippen LogP) is 3.61. The van der Waals surface area contributed by atoms with Crippen molar-refractivity contribution in [1.82, 2.24) is 20.5 Å². The van der Waals surface area contributed by atoms with Crippen molar-refractivity contribution in [3.05, 3.63) is 41.8 Å². The third-order valence-electron chi connectivity index (χ3n) is 4.76. The molecule has 0 saturated carbocycles. The summed E-state index contributed by atoms with van der Waals surface area (Å²) in [5.74, 6) is 1.16. The van der Waals surface area contributed by atoms with Gasteiger partial charge in [0.2, 0.25) is 5.89 Å². The van der Waals surface area contributed by atoms with Crippen LogP contribution in [0.4, 0.5) is 13.2 Å². The fraction of sp³-hybridized carbons (Fsp3) is 0.500. The summed E-state index contributed by atoms with van der Waals surface area (Å²) < 4.78 is 43.1. The number of nitrogens with zero attached hydrogens (tertiary/aromatic N) is 3. The Balaban J connectivity index is 0.00000320. The predicted molar refractivity (Wildman–Crippen MR) is 121 cm³/mol. The molecule has 0 amide bonds. The first-order chi connectivity index (χ1) is 13.8. The molecule has 1 aromatic heterocycles. The molecule has 10 heteroatoms. The van der Waals surface area contributed by atoms with Crippen molar-refractivity contribution in [3.63, 3.8) is 0 Å². The number of benzene rings is 1. The first kappa shape index (κ1) is 24.4. The summed E-state index contributed by atoms with van der Waals surface area (Å²) in [6, 6.07) is 7.91. The highest BCUT2D eigenvalue weighted by atomic mass is 127. The van der Waals surface area contributed by atoms with Crippen molar-refractivity contribution in [2.45, 2.75) is 32.0 Å². The van der Waals surface area contributed by atoms with Gasteiger partial charge in [0.1, 0.15) is 6.26 Å². The van der Waals surface area contributed by atoms with E-state index in [2.05, 4.69) is 20.6 Å². The van der Waals surface area contributed by atoms with Crippen LogP contribution in [-0.2, 0) is 6.42 Å². The Kier molecular flexibility index (Phi) is 8.95. The summed E-state index contributed by atoms with van der Waals surface area (Å²) in [5, 5.41) is 6.37. The molecule has 1 aliphatic rings. The number of oxazole rings is 1. The van der Waals surface area contributed by atoms with E-state index in [9.17, 15) is 13.2 Å². The third kappa shape index (κ3) is 7.46. The Hall–Kier alpha value is -1.82. The van der Waals surface area contributed by atoms with Gasteiger partial charge in [-0.2, -0.15) is 13.2 Å². The van der Waals surface area contributed by atoms with Crippen molar-refractivity contribution in [1.29, 1.82) is 0 Å². The lowest BCUT2D eigenvalue weighted by Crippen LogP contribution is -2.45. The van der Waals surface area contributed by atoms with Gasteiger partial charge < -0.3 is 15.1 Å². The molecule has 1 unspecified atom stereocenters. The van der Waals surface area contributed by atoms with Crippen molar-refractivity contribution >= 4 is 29.9 Å². The lowest BCUT2D eigenvalue weighted by atomic mass is 10.1. The molecule has 1 fully saturated rings. The van der Waals surface area contributed by atoms with Gasteiger partial charge >= 0.3 is 6.18 Å². The van der Waals surface area contributed by atoms with Crippen LogP contribution >= 0.6 is 24.0 Å². The van der Waals surface area contributed by atoms with E-state index in [1.165, 1.54) is 10.5 Å². The average Bonchev–Trinajstić information content (AvgIpc) is 3.30. The topological polar surface area (TPSA) is 65.7 Å². The maximum atomic E-state index is 12.5. The van der Waals surface area contributed by atoms with Gasteiger partial charge in [0.05, 0.1) is 12.2 Å². The highest BCUT2D eigenvalue weighted by Gasteiger charge is 2.34. The van der Waals surface area contributed by atoms with E-state index < -0.39 is 12.7 Å². The molecular formula is C20H27F3IN5O. The number of hydrogen-bond acceptors (Lipinski definition) is 4. The number of halogens is 4. The van der Waals surface area contributed by atoms with Crippen LogP contribution in [0.2, 0.25) is 0 Å². The second-order valence-electron chi connectivity index (χ2n) is 7.24. The molecule has 0 radical (unpaired) electrons. The number of nitrogens with one attached hydrogen (secondary N) is 2. The number of likely N-dealkylation sites (tertiary alicyclic amines) is 1. The van der Waals surface area contributed by atoms with Crippen LogP contribution in [0, 0.1) is 6.92 Å². The van der Waals surface area contributed by atoms with E-state index in [4.69, 9.17) is 4.42 Å². The summed E-state index contributed by atoms with van der Waals surface area (Å²) >= 11 is 0. The Bertz CT molecular complexity index is 823. The molecule has 2 aromatic rings. The second kappa shape index (κ2) is 11.0. The van der Waals surface area contributed by atoms with Gasteiger partial charge in [-0.05, 0) is 25.5 Å². The van der Waals surface area contributed by atoms with E-state index in [-0.39, 0.29) is 30.0 Å². The summed E-state index contributed by atoms with van der Waals surface area (Å²) in [5.41, 5.74) is 2.92. The summed E-state index contributed by atoms with van der Waals surface area (Å²) in [6.07, 6.45) is -1.23. The van der Waals surface area contributed by atoms with E-state index >= 15 is 0 Å². The number of guanidine groups is 1. The maximum absolute atomic E-state index is 12.5. The fourth-order valence-corrected chi connectivity index (χ4v) is 3.30. The quantitative estimate of drug-likeness (QED) is 0.335. The highest BCUT2D eigenvalue weighted by molar-refractivity contribution is 14.0. The second-order valence-corrected chi connectivity index (χ2v) is 7.24. The maximum Gasteiger partial charge on any atom is 0.401 e. The Morgan fingerprint density at radius 1 is 1.30 bits per heavy atom. The van der Waals surface area contributed by atoms with Gasteiger partial charge in [-0.1, -0.05) is 17.7 Å². The molecule has 2 N–H and O–H groups in total. The van der Waals surface area contributed by atoms with Crippen LogP contribution in [0.25, 0.3) is 11.5 Å². The monoisotopic (exact) mass is 537 g/mol. The van der Waals surface area contributed by atoms with Crippen molar-refractivity contribution in [2.75, 3.05) is 33.2 Å². The number of alkyl halides is 3. The standard InChI is InChI=1S/C20H26F3N5O.HI/c1-14-3-5-15(6-4-14)18-26-17(12-29-18)7-9-25-19(24-2)27-16-8-10-28(11-16)13-20(21,22)23;/h3-6,12,16H,7-11,13H2,1-2H3,(H2,24,25,27);1H. The normalized spacial score (nSPS) is 17.6.